The molecule has 31 heavy (non-hydrogen) atoms. The van der Waals surface area contributed by atoms with Crippen molar-refractivity contribution in [3.05, 3.63) is 49.9 Å². The number of thiazole rings is 1. The fraction of sp³-hybridized carbons (Fsp3) is 0.450. The molecule has 0 atom stereocenters. The second-order valence-electron chi connectivity index (χ2n) is 7.56. The summed E-state index contributed by atoms with van der Waals surface area (Å²) in [6.07, 6.45) is 4.37. The van der Waals surface area contributed by atoms with Crippen molar-refractivity contribution >= 4 is 39.2 Å². The monoisotopic (exact) mass is 445 g/mol. The van der Waals surface area contributed by atoms with E-state index in [4.69, 9.17) is 4.42 Å². The van der Waals surface area contributed by atoms with Crippen molar-refractivity contribution in [3.63, 3.8) is 0 Å². The van der Waals surface area contributed by atoms with E-state index < -0.39 is 10.7 Å². The molecule has 0 saturated carbocycles. The molecule has 0 bridgehead atoms. The first-order valence-corrected chi connectivity index (χ1v) is 11.1. The van der Waals surface area contributed by atoms with Crippen LogP contribution in [-0.4, -0.2) is 38.4 Å². The quantitative estimate of drug-likeness (QED) is 0.416. The molecule has 1 amide bonds. The van der Waals surface area contributed by atoms with Crippen LogP contribution in [0.15, 0.2) is 32.8 Å². The van der Waals surface area contributed by atoms with Crippen LogP contribution in [0.5, 0.6) is 0 Å². The van der Waals surface area contributed by atoms with E-state index >= 15 is 0 Å². The number of aromatic nitrogens is 2. The molecule has 2 aromatic heterocycles. The van der Waals surface area contributed by atoms with Gasteiger partial charge in [-0.15, -0.1) is 11.3 Å². The molecule has 3 heterocycles. The highest BCUT2D eigenvalue weighted by Crippen LogP contribution is 2.21. The lowest BCUT2D eigenvalue weighted by atomic mass is 10.1. The molecule has 0 spiro atoms. The van der Waals surface area contributed by atoms with E-state index in [1.165, 1.54) is 53.4 Å². The molecule has 3 aromatic rings. The van der Waals surface area contributed by atoms with Gasteiger partial charge in [0.25, 0.3) is 5.69 Å². The Labute approximate surface area is 181 Å². The number of hydrogen-bond acceptors (Lipinski definition) is 8. The zero-order valence-corrected chi connectivity index (χ0v) is 17.7. The van der Waals surface area contributed by atoms with E-state index in [-0.39, 0.29) is 30.1 Å². The summed E-state index contributed by atoms with van der Waals surface area (Å²) in [6.45, 7) is 3.26. The summed E-state index contributed by atoms with van der Waals surface area (Å²) in [7, 11) is 0. The van der Waals surface area contributed by atoms with Gasteiger partial charge in [-0.2, -0.15) is 0 Å². The zero-order valence-electron chi connectivity index (χ0n) is 16.9. The lowest BCUT2D eigenvalue weighted by Gasteiger charge is -2.25. The van der Waals surface area contributed by atoms with Crippen LogP contribution < -0.4 is 11.1 Å². The van der Waals surface area contributed by atoms with Gasteiger partial charge in [-0.05, 0) is 38.4 Å². The van der Waals surface area contributed by atoms with Crippen LogP contribution in [0.3, 0.4) is 0 Å². The molecule has 0 unspecified atom stereocenters. The number of fused-ring (bicyclic) bond motifs is 1. The molecule has 11 heteroatoms. The molecular weight excluding hydrogens is 422 g/mol. The van der Waals surface area contributed by atoms with Crippen molar-refractivity contribution in [2.75, 3.05) is 18.4 Å². The number of non-ortho nitro benzene ring substituents is 1. The first-order valence-electron chi connectivity index (χ1n) is 10.2. The van der Waals surface area contributed by atoms with Crippen LogP contribution in [0, 0.1) is 10.1 Å². The normalized spacial score (nSPS) is 14.7. The van der Waals surface area contributed by atoms with E-state index in [0.29, 0.717) is 17.1 Å². The maximum atomic E-state index is 12.3. The lowest BCUT2D eigenvalue weighted by Crippen LogP contribution is -2.29. The van der Waals surface area contributed by atoms with E-state index in [1.54, 1.807) is 0 Å². The molecule has 1 saturated heterocycles. The number of piperidine rings is 1. The molecule has 1 aliphatic rings. The van der Waals surface area contributed by atoms with E-state index in [0.717, 1.165) is 25.3 Å². The minimum Gasteiger partial charge on any atom is -0.407 e. The van der Waals surface area contributed by atoms with Crippen LogP contribution in [0.4, 0.5) is 10.8 Å². The number of likely N-dealkylation sites (tertiary alicyclic amines) is 1. The highest BCUT2D eigenvalue weighted by molar-refractivity contribution is 7.13. The Hall–Kier alpha value is -3.05. The lowest BCUT2D eigenvalue weighted by molar-refractivity contribution is -0.384. The molecule has 1 aliphatic heterocycles. The van der Waals surface area contributed by atoms with E-state index in [1.807, 2.05) is 5.38 Å². The maximum Gasteiger partial charge on any atom is 0.419 e. The number of nitro benzene ring substituents is 1. The molecular formula is C20H23N5O5S. The van der Waals surface area contributed by atoms with Crippen LogP contribution in [0.25, 0.3) is 11.1 Å². The third-order valence-electron chi connectivity index (χ3n) is 5.28. The average Bonchev–Trinajstić information content (AvgIpc) is 3.31. The number of hydrogen-bond donors (Lipinski definition) is 1. The summed E-state index contributed by atoms with van der Waals surface area (Å²) in [6, 6.07) is 4.03. The zero-order chi connectivity index (χ0) is 21.8. The van der Waals surface area contributed by atoms with Gasteiger partial charge in [-0.1, -0.05) is 6.42 Å². The predicted molar refractivity (Wildman–Crippen MR) is 116 cm³/mol. The Balaban J connectivity index is 1.29. The first kappa shape index (κ1) is 21.2. The van der Waals surface area contributed by atoms with Gasteiger partial charge in [0.2, 0.25) is 5.91 Å². The second kappa shape index (κ2) is 9.40. The van der Waals surface area contributed by atoms with Gasteiger partial charge in [0, 0.05) is 31.0 Å². The van der Waals surface area contributed by atoms with Gasteiger partial charge in [0.1, 0.15) is 0 Å². The van der Waals surface area contributed by atoms with Gasteiger partial charge in [0.05, 0.1) is 22.2 Å². The Bertz CT molecular complexity index is 1140. The number of rotatable bonds is 8. The number of carbonyl (C=O) groups excluding carboxylic acids is 1. The van der Waals surface area contributed by atoms with Crippen molar-refractivity contribution in [1.82, 2.24) is 14.5 Å². The SMILES string of the molecule is O=C(CCCn1c(=O)oc2cc([N+](=O)[O-])ccc21)Nc1nc(CN2CCCCC2)cs1. The minimum atomic E-state index is -0.599. The van der Waals surface area contributed by atoms with Gasteiger partial charge in [0.15, 0.2) is 10.7 Å². The second-order valence-corrected chi connectivity index (χ2v) is 8.42. The number of nitrogens with one attached hydrogen (secondary N) is 1. The molecule has 0 radical (unpaired) electrons. The number of oxazole rings is 1. The third-order valence-corrected chi connectivity index (χ3v) is 6.09. The van der Waals surface area contributed by atoms with Crippen molar-refractivity contribution in [3.8, 4) is 0 Å². The molecule has 1 aromatic carbocycles. The van der Waals surface area contributed by atoms with Crippen LogP contribution in [0.1, 0.15) is 37.8 Å². The number of aryl methyl sites for hydroxylation is 1. The van der Waals surface area contributed by atoms with E-state index in [2.05, 4.69) is 15.2 Å². The highest BCUT2D eigenvalue weighted by atomic mass is 32.1. The molecule has 10 nitrogen and oxygen atoms in total. The standard InChI is InChI=1S/C20H23N5O5S/c26-18(22-19-21-14(13-31-19)12-23-8-2-1-3-9-23)5-4-10-24-16-7-6-15(25(28)29)11-17(16)30-20(24)27/h6-7,11,13H,1-5,8-10,12H2,(H,21,22,26). The van der Waals surface area contributed by atoms with Crippen LogP contribution in [0.2, 0.25) is 0 Å². The predicted octanol–water partition coefficient (Wildman–Crippen LogP) is 3.36. The Morgan fingerprint density at radius 3 is 2.87 bits per heavy atom. The van der Waals surface area contributed by atoms with Gasteiger partial charge < -0.3 is 9.73 Å². The van der Waals surface area contributed by atoms with Gasteiger partial charge in [-0.3, -0.25) is 24.4 Å². The highest BCUT2D eigenvalue weighted by Gasteiger charge is 2.15. The van der Waals surface area contributed by atoms with Crippen molar-refractivity contribution < 1.29 is 14.1 Å². The van der Waals surface area contributed by atoms with Gasteiger partial charge >= 0.3 is 5.76 Å². The molecule has 4 rings (SSSR count). The number of nitrogens with zero attached hydrogens (tertiary/aromatic N) is 4. The summed E-state index contributed by atoms with van der Waals surface area (Å²) < 4.78 is 6.48. The maximum absolute atomic E-state index is 12.3. The largest absolute Gasteiger partial charge is 0.419 e. The summed E-state index contributed by atoms with van der Waals surface area (Å²) in [5.74, 6) is -0.770. The summed E-state index contributed by atoms with van der Waals surface area (Å²) in [4.78, 5) is 41.5. The number of carbonyl (C=O) groups is 1. The third kappa shape index (κ3) is 5.17. The van der Waals surface area contributed by atoms with Gasteiger partial charge in [-0.25, -0.2) is 9.78 Å². The fourth-order valence-electron chi connectivity index (χ4n) is 3.74. The number of anilines is 1. The average molecular weight is 446 g/mol. The van der Waals surface area contributed by atoms with Crippen molar-refractivity contribution in [1.29, 1.82) is 0 Å². The first-order chi connectivity index (χ1) is 15.0. The number of benzene rings is 1. The van der Waals surface area contributed by atoms with Crippen LogP contribution >= 0.6 is 11.3 Å². The topological polar surface area (TPSA) is 124 Å². The number of nitro groups is 1. The smallest absolute Gasteiger partial charge is 0.407 e. The molecule has 164 valence electrons. The number of amides is 1. The molecule has 1 fully saturated rings. The van der Waals surface area contributed by atoms with Crippen LogP contribution in [-0.2, 0) is 17.9 Å². The Morgan fingerprint density at radius 1 is 1.29 bits per heavy atom. The molecule has 0 aliphatic carbocycles. The fourth-order valence-corrected chi connectivity index (χ4v) is 4.46. The minimum absolute atomic E-state index is 0.143. The summed E-state index contributed by atoms with van der Waals surface area (Å²) in [5.41, 5.74) is 1.45. The summed E-state index contributed by atoms with van der Waals surface area (Å²) in [5, 5.41) is 16.2. The van der Waals surface area contributed by atoms with E-state index in [9.17, 15) is 19.7 Å². The summed E-state index contributed by atoms with van der Waals surface area (Å²) >= 11 is 1.41. The van der Waals surface area contributed by atoms with Crippen molar-refractivity contribution in [2.24, 2.45) is 0 Å². The molecule has 1 N–H and O–H groups in total. The Kier molecular flexibility index (Phi) is 6.42. The Morgan fingerprint density at radius 2 is 2.10 bits per heavy atom. The van der Waals surface area contributed by atoms with Crippen molar-refractivity contribution in [2.45, 2.75) is 45.2 Å².